The Morgan fingerprint density at radius 2 is 1.32 bits per heavy atom. The number of allylic oxidation sites excluding steroid dienone is 4. The van der Waals surface area contributed by atoms with E-state index in [1.165, 1.54) is 17.1 Å². The predicted octanol–water partition coefficient (Wildman–Crippen LogP) is 5.30. The molecule has 0 aliphatic heterocycles. The average molecular weight is 249 g/mol. The number of hydrogen-bond acceptors (Lipinski definition) is 1. The van der Waals surface area contributed by atoms with Crippen LogP contribution in [0.4, 0.5) is 11.4 Å². The van der Waals surface area contributed by atoms with Gasteiger partial charge >= 0.3 is 0 Å². The van der Waals surface area contributed by atoms with E-state index in [-0.39, 0.29) is 0 Å². The maximum atomic E-state index is 2.25. The van der Waals surface area contributed by atoms with Gasteiger partial charge in [-0.25, -0.2) is 0 Å². The summed E-state index contributed by atoms with van der Waals surface area (Å²) in [6.45, 7) is 4.15. The maximum Gasteiger partial charge on any atom is 0.0458 e. The highest BCUT2D eigenvalue weighted by Gasteiger charge is 2.09. The molecule has 0 aliphatic rings. The summed E-state index contributed by atoms with van der Waals surface area (Å²) >= 11 is 0. The van der Waals surface area contributed by atoms with Gasteiger partial charge in [-0.3, -0.25) is 0 Å². The smallest absolute Gasteiger partial charge is 0.0458 e. The molecule has 0 N–H and O–H groups in total. The van der Waals surface area contributed by atoms with E-state index in [9.17, 15) is 0 Å². The molecule has 0 fully saturated rings. The molecule has 1 nitrogen and oxygen atoms in total. The minimum Gasteiger partial charge on any atom is -0.315 e. The first-order chi connectivity index (χ1) is 9.33. The minimum atomic E-state index is 1.17. The van der Waals surface area contributed by atoms with Crippen molar-refractivity contribution >= 4 is 11.4 Å². The largest absolute Gasteiger partial charge is 0.315 e. The molecule has 0 heterocycles. The molecule has 0 aliphatic carbocycles. The fraction of sp³-hybridized carbons (Fsp3) is 0.111. The molecule has 0 bridgehead atoms. The second kappa shape index (κ2) is 6.60. The number of nitrogens with zero attached hydrogens (tertiary/aromatic N) is 1. The van der Waals surface area contributed by atoms with Gasteiger partial charge in [0.1, 0.15) is 0 Å². The van der Waals surface area contributed by atoms with Crippen LogP contribution in [0.3, 0.4) is 0 Å². The van der Waals surface area contributed by atoms with Crippen molar-refractivity contribution < 1.29 is 0 Å². The Kier molecular flexibility index (Phi) is 4.57. The molecular weight excluding hydrogens is 230 g/mol. The lowest BCUT2D eigenvalue weighted by molar-refractivity contribution is 1.16. The van der Waals surface area contributed by atoms with Gasteiger partial charge in [-0.1, -0.05) is 48.6 Å². The van der Waals surface area contributed by atoms with E-state index in [0.29, 0.717) is 0 Å². The van der Waals surface area contributed by atoms with Crippen LogP contribution in [0.25, 0.3) is 0 Å². The Balaban J connectivity index is 2.46. The zero-order chi connectivity index (χ0) is 13.5. The quantitative estimate of drug-likeness (QED) is 0.664. The molecule has 0 radical (unpaired) electrons. The molecule has 1 heteroatoms. The Bertz CT molecular complexity index is 513. The van der Waals surface area contributed by atoms with E-state index >= 15 is 0 Å². The molecule has 0 aromatic heterocycles. The third kappa shape index (κ3) is 3.35. The van der Waals surface area contributed by atoms with E-state index in [1.807, 2.05) is 25.1 Å². The fourth-order valence-corrected chi connectivity index (χ4v) is 2.02. The molecule has 0 spiro atoms. The van der Waals surface area contributed by atoms with Gasteiger partial charge in [0.05, 0.1) is 0 Å². The average Bonchev–Trinajstić information content (AvgIpc) is 2.47. The lowest BCUT2D eigenvalue weighted by Gasteiger charge is -2.25. The van der Waals surface area contributed by atoms with E-state index in [1.54, 1.807) is 0 Å². The normalized spacial score (nSPS) is 11.8. The van der Waals surface area contributed by atoms with Crippen molar-refractivity contribution in [3.63, 3.8) is 0 Å². The molecular formula is C18H19N. The highest BCUT2D eigenvalue weighted by Crippen LogP contribution is 2.29. The third-order valence-electron chi connectivity index (χ3n) is 2.91. The fourth-order valence-electron chi connectivity index (χ4n) is 2.02. The molecule has 0 saturated heterocycles. The van der Waals surface area contributed by atoms with E-state index < -0.39 is 0 Å². The van der Waals surface area contributed by atoms with Crippen molar-refractivity contribution in [1.29, 1.82) is 0 Å². The summed E-state index contributed by atoms with van der Waals surface area (Å²) in [5, 5.41) is 0. The van der Waals surface area contributed by atoms with Gasteiger partial charge in [0.25, 0.3) is 0 Å². The molecule has 2 aromatic carbocycles. The summed E-state index contributed by atoms with van der Waals surface area (Å²) in [7, 11) is 0. The molecule has 0 saturated carbocycles. The van der Waals surface area contributed by atoms with Gasteiger partial charge in [-0.2, -0.15) is 0 Å². The van der Waals surface area contributed by atoms with Crippen molar-refractivity contribution in [3.8, 4) is 0 Å². The SMILES string of the molecule is C/C=C\C=C(/C)N(c1ccccc1)c1ccccc1. The van der Waals surface area contributed by atoms with Crippen molar-refractivity contribution in [2.75, 3.05) is 4.90 Å². The summed E-state index contributed by atoms with van der Waals surface area (Å²) < 4.78 is 0. The number of anilines is 2. The summed E-state index contributed by atoms with van der Waals surface area (Å²) in [6, 6.07) is 20.8. The van der Waals surface area contributed by atoms with Crippen molar-refractivity contribution in [2.45, 2.75) is 13.8 Å². The molecule has 19 heavy (non-hydrogen) atoms. The number of hydrogen-bond donors (Lipinski definition) is 0. The first-order valence-corrected chi connectivity index (χ1v) is 6.52. The van der Waals surface area contributed by atoms with Crippen LogP contribution in [-0.2, 0) is 0 Å². The Hall–Kier alpha value is -2.28. The van der Waals surface area contributed by atoms with Gasteiger partial charge in [0.15, 0.2) is 0 Å². The topological polar surface area (TPSA) is 3.24 Å². The minimum absolute atomic E-state index is 1.17. The zero-order valence-electron chi connectivity index (χ0n) is 11.5. The number of rotatable bonds is 4. The van der Waals surface area contributed by atoms with E-state index in [0.717, 1.165) is 0 Å². The van der Waals surface area contributed by atoms with E-state index in [2.05, 4.69) is 72.5 Å². The Labute approximate surface area is 115 Å². The standard InChI is InChI=1S/C18H19N/c1-3-4-11-16(2)19(17-12-7-5-8-13-17)18-14-9-6-10-15-18/h3-15H,1-2H3/b4-3-,16-11+. The van der Waals surface area contributed by atoms with Crippen LogP contribution in [0.15, 0.2) is 84.6 Å². The molecule has 96 valence electrons. The molecule has 2 rings (SSSR count). The summed E-state index contributed by atoms with van der Waals surface area (Å²) in [5.74, 6) is 0. The predicted molar refractivity (Wildman–Crippen MR) is 83.6 cm³/mol. The van der Waals surface area contributed by atoms with Crippen LogP contribution in [0.2, 0.25) is 0 Å². The van der Waals surface area contributed by atoms with Gasteiger partial charge in [0.2, 0.25) is 0 Å². The first kappa shape index (κ1) is 13.2. The van der Waals surface area contributed by atoms with Crippen LogP contribution < -0.4 is 4.90 Å². The monoisotopic (exact) mass is 249 g/mol. The maximum absolute atomic E-state index is 2.25. The summed E-state index contributed by atoms with van der Waals surface area (Å²) in [4.78, 5) is 2.25. The summed E-state index contributed by atoms with van der Waals surface area (Å²) in [5.41, 5.74) is 3.54. The first-order valence-electron chi connectivity index (χ1n) is 6.52. The van der Waals surface area contributed by atoms with Crippen molar-refractivity contribution in [2.24, 2.45) is 0 Å². The Morgan fingerprint density at radius 3 is 1.74 bits per heavy atom. The molecule has 0 atom stereocenters. The van der Waals surface area contributed by atoms with Gasteiger partial charge < -0.3 is 4.90 Å². The van der Waals surface area contributed by atoms with Crippen LogP contribution in [0.5, 0.6) is 0 Å². The van der Waals surface area contributed by atoms with Crippen LogP contribution >= 0.6 is 0 Å². The van der Waals surface area contributed by atoms with Gasteiger partial charge in [0, 0.05) is 17.1 Å². The zero-order valence-corrected chi connectivity index (χ0v) is 11.5. The molecule has 0 unspecified atom stereocenters. The van der Waals surface area contributed by atoms with Gasteiger partial charge in [-0.05, 0) is 44.2 Å². The lowest BCUT2D eigenvalue weighted by Crippen LogP contribution is -2.13. The Morgan fingerprint density at radius 1 is 0.842 bits per heavy atom. The van der Waals surface area contributed by atoms with Crippen LogP contribution in [0, 0.1) is 0 Å². The van der Waals surface area contributed by atoms with Crippen molar-refractivity contribution in [3.05, 3.63) is 84.6 Å². The second-order valence-electron chi connectivity index (χ2n) is 4.34. The van der Waals surface area contributed by atoms with Crippen LogP contribution in [-0.4, -0.2) is 0 Å². The molecule has 2 aromatic rings. The highest BCUT2D eigenvalue weighted by molar-refractivity contribution is 5.68. The van der Waals surface area contributed by atoms with Crippen molar-refractivity contribution in [1.82, 2.24) is 0 Å². The lowest BCUT2D eigenvalue weighted by atomic mass is 10.2. The van der Waals surface area contributed by atoms with Crippen LogP contribution in [0.1, 0.15) is 13.8 Å². The number of para-hydroxylation sites is 2. The second-order valence-corrected chi connectivity index (χ2v) is 4.34. The molecule has 0 amide bonds. The van der Waals surface area contributed by atoms with E-state index in [4.69, 9.17) is 0 Å². The summed E-state index contributed by atoms with van der Waals surface area (Å²) in [6.07, 6.45) is 6.23. The third-order valence-corrected chi connectivity index (χ3v) is 2.91. The van der Waals surface area contributed by atoms with Gasteiger partial charge in [-0.15, -0.1) is 0 Å². The highest BCUT2D eigenvalue weighted by atomic mass is 15.1. The number of benzene rings is 2.